The van der Waals surface area contributed by atoms with Crippen molar-refractivity contribution in [3.8, 4) is 0 Å². The van der Waals surface area contributed by atoms with E-state index < -0.39 is 23.5 Å². The Balaban J connectivity index is 0.000000891. The number of halogens is 6. The molecule has 0 saturated heterocycles. The summed E-state index contributed by atoms with van der Waals surface area (Å²) in [5.41, 5.74) is -0.303. The van der Waals surface area contributed by atoms with Crippen molar-refractivity contribution in [3.63, 3.8) is 0 Å². The lowest BCUT2D eigenvalue weighted by atomic mass is 10.0. The fourth-order valence-corrected chi connectivity index (χ4v) is 1.86. The van der Waals surface area contributed by atoms with Gasteiger partial charge in [-0.2, -0.15) is 26.3 Å². The Hall–Kier alpha value is -1.98. The highest BCUT2D eigenvalue weighted by atomic mass is 19.4. The summed E-state index contributed by atoms with van der Waals surface area (Å²) in [6, 6.07) is 9.11. The van der Waals surface area contributed by atoms with Crippen LogP contribution in [-0.4, -0.2) is 0 Å². The predicted molar refractivity (Wildman–Crippen MR) is 81.7 cm³/mol. The van der Waals surface area contributed by atoms with Gasteiger partial charge in [-0.15, -0.1) is 0 Å². The van der Waals surface area contributed by atoms with E-state index in [1.54, 1.807) is 0 Å². The second-order valence-electron chi connectivity index (χ2n) is 5.27. The largest absolute Gasteiger partial charge is 0.416 e. The Morgan fingerprint density at radius 2 is 0.833 bits per heavy atom. The van der Waals surface area contributed by atoms with Crippen LogP contribution in [0.4, 0.5) is 26.3 Å². The minimum absolute atomic E-state index is 0.274. The van der Waals surface area contributed by atoms with E-state index in [1.165, 1.54) is 30.7 Å². The van der Waals surface area contributed by atoms with E-state index in [4.69, 9.17) is 0 Å². The van der Waals surface area contributed by atoms with Crippen molar-refractivity contribution in [2.45, 2.75) is 39.0 Å². The molecule has 0 aliphatic rings. The summed E-state index contributed by atoms with van der Waals surface area (Å²) in [7, 11) is 0. The molecule has 0 aliphatic carbocycles. The smallest absolute Gasteiger partial charge is 0.166 e. The van der Waals surface area contributed by atoms with Gasteiger partial charge in [0.25, 0.3) is 0 Å². The molecular formula is C18H18F6. The molecule has 0 amide bonds. The van der Waals surface area contributed by atoms with E-state index in [0.717, 1.165) is 24.3 Å². The van der Waals surface area contributed by atoms with Crippen molar-refractivity contribution < 1.29 is 26.3 Å². The van der Waals surface area contributed by atoms with Crippen molar-refractivity contribution in [1.29, 1.82) is 0 Å². The van der Waals surface area contributed by atoms with Crippen LogP contribution in [0.15, 0.2) is 48.5 Å². The van der Waals surface area contributed by atoms with Crippen LogP contribution in [0.5, 0.6) is 0 Å². The Morgan fingerprint density at radius 3 is 1.04 bits per heavy atom. The molecule has 0 saturated carbocycles. The molecule has 0 fully saturated rings. The van der Waals surface area contributed by atoms with Gasteiger partial charge in [0.2, 0.25) is 0 Å². The molecule has 0 unspecified atom stereocenters. The van der Waals surface area contributed by atoms with Gasteiger partial charge in [0.1, 0.15) is 0 Å². The average molecular weight is 348 g/mol. The SMILES string of the molecule is CCC.FC(F)(F)c1ccc(Cc2ccc(C(F)(F)F)cc2)cc1. The highest BCUT2D eigenvalue weighted by Gasteiger charge is 2.30. The minimum atomic E-state index is -4.40. The first kappa shape index (κ1) is 20.1. The molecule has 2 rings (SSSR count). The summed E-state index contributed by atoms with van der Waals surface area (Å²) in [5.74, 6) is 0. The maximum Gasteiger partial charge on any atom is 0.416 e. The highest BCUT2D eigenvalue weighted by molar-refractivity contribution is 5.31. The molecule has 0 atom stereocenters. The third kappa shape index (κ3) is 6.26. The molecule has 0 nitrogen and oxygen atoms in total. The Kier molecular flexibility index (Phi) is 6.87. The number of hydrogen-bond donors (Lipinski definition) is 0. The molecule has 24 heavy (non-hydrogen) atoms. The zero-order chi connectivity index (χ0) is 18.4. The van der Waals surface area contributed by atoms with E-state index in [-0.39, 0.29) is 6.42 Å². The maximum atomic E-state index is 12.4. The first-order chi connectivity index (χ1) is 11.1. The predicted octanol–water partition coefficient (Wildman–Crippen LogP) is 6.73. The van der Waals surface area contributed by atoms with Crippen molar-refractivity contribution in [2.24, 2.45) is 0 Å². The molecule has 0 aromatic heterocycles. The molecule has 0 aliphatic heterocycles. The quantitative estimate of drug-likeness (QED) is 0.528. The van der Waals surface area contributed by atoms with Crippen molar-refractivity contribution in [1.82, 2.24) is 0 Å². The van der Waals surface area contributed by atoms with Gasteiger partial charge >= 0.3 is 12.4 Å². The number of hydrogen-bond acceptors (Lipinski definition) is 0. The van der Waals surface area contributed by atoms with E-state index in [9.17, 15) is 26.3 Å². The normalized spacial score (nSPS) is 11.7. The lowest BCUT2D eigenvalue weighted by molar-refractivity contribution is -0.138. The molecular weight excluding hydrogens is 330 g/mol. The van der Waals surface area contributed by atoms with Crippen LogP contribution in [0.25, 0.3) is 0 Å². The molecule has 0 spiro atoms. The van der Waals surface area contributed by atoms with Crippen LogP contribution in [0.2, 0.25) is 0 Å². The molecule has 0 bridgehead atoms. The Labute approximate surface area is 137 Å². The van der Waals surface area contributed by atoms with Gasteiger partial charge in [-0.3, -0.25) is 0 Å². The fraction of sp³-hybridized carbons (Fsp3) is 0.333. The summed E-state index contributed by atoms with van der Waals surface area (Å²) in [4.78, 5) is 0. The average Bonchev–Trinajstić information content (AvgIpc) is 2.47. The summed E-state index contributed by atoms with van der Waals surface area (Å²) in [5, 5.41) is 0. The fourth-order valence-electron chi connectivity index (χ4n) is 1.86. The van der Waals surface area contributed by atoms with Gasteiger partial charge in [0.05, 0.1) is 11.1 Å². The standard InChI is InChI=1S/C15H10F6.C3H8/c16-14(17,18)12-5-1-10(2-6-12)9-11-3-7-13(8-4-11)15(19,20)21;1-3-2/h1-8H,9H2;3H2,1-2H3. The summed E-state index contributed by atoms with van der Waals surface area (Å²) in [6.07, 6.45) is -7.27. The van der Waals surface area contributed by atoms with Crippen LogP contribution in [0.3, 0.4) is 0 Å². The molecule has 0 heterocycles. The third-order valence-electron chi connectivity index (χ3n) is 2.97. The molecule has 6 heteroatoms. The van der Waals surface area contributed by atoms with Crippen molar-refractivity contribution in [3.05, 3.63) is 70.8 Å². The monoisotopic (exact) mass is 348 g/mol. The Bertz CT molecular complexity index is 550. The number of alkyl halides is 6. The third-order valence-corrected chi connectivity index (χ3v) is 2.97. The lowest BCUT2D eigenvalue weighted by Gasteiger charge is -2.09. The Morgan fingerprint density at radius 1 is 0.583 bits per heavy atom. The van der Waals surface area contributed by atoms with Crippen LogP contribution in [-0.2, 0) is 18.8 Å². The van der Waals surface area contributed by atoms with Crippen molar-refractivity contribution >= 4 is 0 Å². The zero-order valence-electron chi connectivity index (χ0n) is 13.3. The van der Waals surface area contributed by atoms with Crippen LogP contribution >= 0.6 is 0 Å². The summed E-state index contributed by atoms with van der Waals surface area (Å²) < 4.78 is 74.4. The van der Waals surface area contributed by atoms with Crippen LogP contribution in [0.1, 0.15) is 42.5 Å². The van der Waals surface area contributed by atoms with Gasteiger partial charge in [-0.25, -0.2) is 0 Å². The van der Waals surface area contributed by atoms with E-state index in [2.05, 4.69) is 13.8 Å². The summed E-state index contributed by atoms with van der Waals surface area (Å²) in [6.45, 7) is 4.25. The van der Waals surface area contributed by atoms with Gasteiger partial charge in [0.15, 0.2) is 0 Å². The topological polar surface area (TPSA) is 0 Å². The van der Waals surface area contributed by atoms with Crippen molar-refractivity contribution in [2.75, 3.05) is 0 Å². The first-order valence-electron chi connectivity index (χ1n) is 7.40. The minimum Gasteiger partial charge on any atom is -0.166 e. The number of benzene rings is 2. The highest BCUT2D eigenvalue weighted by Crippen LogP contribution is 2.30. The molecule has 2 aromatic rings. The van der Waals surface area contributed by atoms with Gasteiger partial charge < -0.3 is 0 Å². The van der Waals surface area contributed by atoms with Gasteiger partial charge in [-0.1, -0.05) is 44.5 Å². The maximum absolute atomic E-state index is 12.4. The van der Waals surface area contributed by atoms with Gasteiger partial charge in [-0.05, 0) is 41.8 Å². The first-order valence-corrected chi connectivity index (χ1v) is 7.40. The second kappa shape index (κ2) is 8.22. The molecule has 2 aromatic carbocycles. The van der Waals surface area contributed by atoms with E-state index >= 15 is 0 Å². The number of rotatable bonds is 2. The van der Waals surface area contributed by atoms with Crippen LogP contribution < -0.4 is 0 Å². The van der Waals surface area contributed by atoms with Gasteiger partial charge in [0, 0.05) is 0 Å². The van der Waals surface area contributed by atoms with Crippen LogP contribution in [0, 0.1) is 0 Å². The molecule has 0 N–H and O–H groups in total. The summed E-state index contributed by atoms with van der Waals surface area (Å²) >= 11 is 0. The second-order valence-corrected chi connectivity index (χ2v) is 5.27. The molecule has 0 radical (unpaired) electrons. The molecule has 132 valence electrons. The van der Waals surface area contributed by atoms with E-state index in [1.807, 2.05) is 0 Å². The zero-order valence-corrected chi connectivity index (χ0v) is 13.3. The lowest BCUT2D eigenvalue weighted by Crippen LogP contribution is -2.05. The van der Waals surface area contributed by atoms with E-state index in [0.29, 0.717) is 11.1 Å².